The molecule has 18 heavy (non-hydrogen) atoms. The van der Waals surface area contributed by atoms with Gasteiger partial charge in [0.25, 0.3) is 5.91 Å². The monoisotopic (exact) mass is 265 g/mol. The first-order chi connectivity index (χ1) is 8.38. The summed E-state index contributed by atoms with van der Waals surface area (Å²) < 4.78 is 0. The largest absolute Gasteiger partial charge is 0.398 e. The molecule has 1 aromatic rings. The molecule has 1 rings (SSSR count). The number of nitrogen functional groups attached to an aromatic ring is 1. The Morgan fingerprint density at radius 2 is 2.22 bits per heavy atom. The van der Waals surface area contributed by atoms with Gasteiger partial charge in [0.2, 0.25) is 0 Å². The van der Waals surface area contributed by atoms with Crippen LogP contribution < -0.4 is 5.73 Å². The van der Waals surface area contributed by atoms with E-state index in [1.807, 2.05) is 13.0 Å². The minimum absolute atomic E-state index is 0.166. The van der Waals surface area contributed by atoms with Crippen molar-refractivity contribution >= 4 is 23.2 Å². The van der Waals surface area contributed by atoms with E-state index in [2.05, 4.69) is 0 Å². The number of nitrogens with zero attached hydrogens (tertiary/aromatic N) is 2. The van der Waals surface area contributed by atoms with Gasteiger partial charge in [-0.05, 0) is 31.5 Å². The molecule has 0 spiro atoms. The van der Waals surface area contributed by atoms with Crippen LogP contribution in [0.1, 0.15) is 29.3 Å². The second-order valence-electron chi connectivity index (χ2n) is 4.31. The van der Waals surface area contributed by atoms with Gasteiger partial charge < -0.3 is 10.6 Å². The molecule has 1 atom stereocenters. The zero-order valence-corrected chi connectivity index (χ0v) is 11.5. The van der Waals surface area contributed by atoms with Crippen LogP contribution in [-0.2, 0) is 0 Å². The summed E-state index contributed by atoms with van der Waals surface area (Å²) in [7, 11) is 1.65. The predicted molar refractivity (Wildman–Crippen MR) is 72.4 cm³/mol. The molecule has 0 radical (unpaired) electrons. The molecule has 4 nitrogen and oxygen atoms in total. The Morgan fingerprint density at radius 3 is 2.78 bits per heavy atom. The van der Waals surface area contributed by atoms with E-state index in [1.54, 1.807) is 26.1 Å². The van der Waals surface area contributed by atoms with Crippen LogP contribution in [0.25, 0.3) is 0 Å². The van der Waals surface area contributed by atoms with Gasteiger partial charge in [0, 0.05) is 23.8 Å². The third-order valence-electron chi connectivity index (χ3n) is 2.95. The zero-order chi connectivity index (χ0) is 13.9. The number of carbonyl (C=O) groups excluding carboxylic acids is 1. The Kier molecular flexibility index (Phi) is 4.57. The van der Waals surface area contributed by atoms with Crippen molar-refractivity contribution in [3.8, 4) is 6.07 Å². The number of halogens is 1. The molecule has 0 fully saturated rings. The maximum absolute atomic E-state index is 12.3. The van der Waals surface area contributed by atoms with Crippen LogP contribution in [0.4, 0.5) is 5.69 Å². The van der Waals surface area contributed by atoms with Gasteiger partial charge >= 0.3 is 0 Å². The normalized spacial score (nSPS) is 11.7. The van der Waals surface area contributed by atoms with Gasteiger partial charge in [-0.15, -0.1) is 0 Å². The van der Waals surface area contributed by atoms with Crippen LogP contribution in [-0.4, -0.2) is 23.9 Å². The molecule has 0 bridgehead atoms. The maximum atomic E-state index is 12.3. The smallest absolute Gasteiger partial charge is 0.256 e. The van der Waals surface area contributed by atoms with Crippen molar-refractivity contribution in [3.63, 3.8) is 0 Å². The summed E-state index contributed by atoms with van der Waals surface area (Å²) in [5.41, 5.74) is 7.48. The molecular weight excluding hydrogens is 250 g/mol. The van der Waals surface area contributed by atoms with E-state index in [0.717, 1.165) is 5.56 Å². The number of benzene rings is 1. The van der Waals surface area contributed by atoms with E-state index >= 15 is 0 Å². The molecule has 0 aliphatic carbocycles. The molecule has 0 saturated carbocycles. The molecule has 2 N–H and O–H groups in total. The fourth-order valence-corrected chi connectivity index (χ4v) is 1.86. The second-order valence-corrected chi connectivity index (χ2v) is 4.75. The van der Waals surface area contributed by atoms with Crippen LogP contribution in [0.15, 0.2) is 12.1 Å². The standard InChI is InChI=1S/C13H16ClN3O/c1-8-6-10(14)7-11(12(8)16)13(18)17(3)9(2)4-5-15/h6-7,9H,4,16H2,1-3H3. The first-order valence-corrected chi connectivity index (χ1v) is 5.96. The average molecular weight is 266 g/mol. The topological polar surface area (TPSA) is 70.1 Å². The maximum Gasteiger partial charge on any atom is 0.256 e. The fourth-order valence-electron chi connectivity index (χ4n) is 1.59. The molecule has 0 aliphatic rings. The van der Waals surface area contributed by atoms with Crippen molar-refractivity contribution in [2.75, 3.05) is 12.8 Å². The van der Waals surface area contributed by atoms with Gasteiger partial charge in [0.15, 0.2) is 0 Å². The Bertz CT molecular complexity index is 508. The summed E-state index contributed by atoms with van der Waals surface area (Å²) in [4.78, 5) is 13.8. The van der Waals surface area contributed by atoms with Gasteiger partial charge in [-0.1, -0.05) is 11.6 Å². The summed E-state index contributed by atoms with van der Waals surface area (Å²) in [5.74, 6) is -0.221. The molecular formula is C13H16ClN3O. The number of aryl methyl sites for hydroxylation is 1. The van der Waals surface area contributed by atoms with Crippen LogP contribution in [0.5, 0.6) is 0 Å². The SMILES string of the molecule is Cc1cc(Cl)cc(C(=O)N(C)C(C)CC#N)c1N. The number of carbonyl (C=O) groups is 1. The van der Waals surface area contributed by atoms with Gasteiger partial charge in [-0.3, -0.25) is 4.79 Å². The van der Waals surface area contributed by atoms with E-state index in [9.17, 15) is 4.79 Å². The molecule has 0 saturated heterocycles. The highest BCUT2D eigenvalue weighted by atomic mass is 35.5. The Labute approximate surface area is 112 Å². The molecule has 1 unspecified atom stereocenters. The molecule has 1 aromatic carbocycles. The lowest BCUT2D eigenvalue weighted by Crippen LogP contribution is -2.35. The molecule has 1 amide bonds. The molecule has 5 heteroatoms. The van der Waals surface area contributed by atoms with E-state index in [4.69, 9.17) is 22.6 Å². The quantitative estimate of drug-likeness (QED) is 0.854. The third kappa shape index (κ3) is 2.93. The van der Waals surface area contributed by atoms with Crippen molar-refractivity contribution in [1.82, 2.24) is 4.90 Å². The molecule has 0 aromatic heterocycles. The second kappa shape index (κ2) is 5.74. The van der Waals surface area contributed by atoms with E-state index in [0.29, 0.717) is 16.3 Å². The number of anilines is 1. The van der Waals surface area contributed by atoms with Crippen LogP contribution in [0, 0.1) is 18.3 Å². The van der Waals surface area contributed by atoms with Crippen LogP contribution in [0.3, 0.4) is 0 Å². The van der Waals surface area contributed by atoms with Crippen molar-refractivity contribution in [3.05, 3.63) is 28.3 Å². The van der Waals surface area contributed by atoms with E-state index in [1.165, 1.54) is 4.90 Å². The Hall–Kier alpha value is -1.73. The summed E-state index contributed by atoms with van der Waals surface area (Å²) in [6, 6.07) is 5.15. The third-order valence-corrected chi connectivity index (χ3v) is 3.17. The predicted octanol–water partition coefficient (Wildman–Crippen LogP) is 2.60. The fraction of sp³-hybridized carbons (Fsp3) is 0.385. The van der Waals surface area contributed by atoms with E-state index < -0.39 is 0 Å². The summed E-state index contributed by atoms with van der Waals surface area (Å²) >= 11 is 5.93. The zero-order valence-electron chi connectivity index (χ0n) is 10.7. The Balaban J connectivity index is 3.08. The van der Waals surface area contributed by atoms with Gasteiger partial charge in [-0.2, -0.15) is 5.26 Å². The summed E-state index contributed by atoms with van der Waals surface area (Å²) in [5, 5.41) is 9.13. The minimum Gasteiger partial charge on any atom is -0.398 e. The first kappa shape index (κ1) is 14.3. The number of nitrogens with two attached hydrogens (primary N) is 1. The molecule has 96 valence electrons. The van der Waals surface area contributed by atoms with Crippen LogP contribution in [0.2, 0.25) is 5.02 Å². The van der Waals surface area contributed by atoms with E-state index in [-0.39, 0.29) is 18.4 Å². The van der Waals surface area contributed by atoms with Crippen LogP contribution >= 0.6 is 11.6 Å². The van der Waals surface area contributed by atoms with Gasteiger partial charge in [0.05, 0.1) is 18.1 Å². The lowest BCUT2D eigenvalue weighted by molar-refractivity contribution is 0.0747. The number of nitriles is 1. The number of hydrogen-bond acceptors (Lipinski definition) is 3. The number of amides is 1. The van der Waals surface area contributed by atoms with Crippen molar-refractivity contribution in [1.29, 1.82) is 5.26 Å². The number of hydrogen-bond donors (Lipinski definition) is 1. The summed E-state index contributed by atoms with van der Waals surface area (Å²) in [6.45, 7) is 3.62. The minimum atomic E-state index is -0.221. The highest BCUT2D eigenvalue weighted by Gasteiger charge is 2.20. The summed E-state index contributed by atoms with van der Waals surface area (Å²) in [6.07, 6.45) is 0.279. The highest BCUT2D eigenvalue weighted by molar-refractivity contribution is 6.31. The van der Waals surface area contributed by atoms with Gasteiger partial charge in [-0.25, -0.2) is 0 Å². The van der Waals surface area contributed by atoms with Crippen molar-refractivity contribution in [2.45, 2.75) is 26.3 Å². The molecule has 0 heterocycles. The lowest BCUT2D eigenvalue weighted by Gasteiger charge is -2.24. The Morgan fingerprint density at radius 1 is 1.61 bits per heavy atom. The first-order valence-electron chi connectivity index (χ1n) is 5.58. The average Bonchev–Trinajstić information content (AvgIpc) is 2.32. The molecule has 0 aliphatic heterocycles. The van der Waals surface area contributed by atoms with Crippen molar-refractivity contribution < 1.29 is 4.79 Å². The highest BCUT2D eigenvalue weighted by Crippen LogP contribution is 2.24. The van der Waals surface area contributed by atoms with Crippen molar-refractivity contribution in [2.24, 2.45) is 0 Å². The van der Waals surface area contributed by atoms with Gasteiger partial charge in [0.1, 0.15) is 0 Å². The lowest BCUT2D eigenvalue weighted by atomic mass is 10.1. The number of rotatable bonds is 3.